The van der Waals surface area contributed by atoms with Crippen molar-refractivity contribution in [1.82, 2.24) is 4.98 Å². The molecule has 0 unspecified atom stereocenters. The van der Waals surface area contributed by atoms with Crippen LogP contribution in [0.2, 0.25) is 0 Å². The lowest BCUT2D eigenvalue weighted by Crippen LogP contribution is -2.14. The fourth-order valence-electron chi connectivity index (χ4n) is 3.05. The van der Waals surface area contributed by atoms with E-state index in [9.17, 15) is 4.79 Å². The molecule has 6 heteroatoms. The summed E-state index contributed by atoms with van der Waals surface area (Å²) in [6.45, 7) is 2.41. The van der Waals surface area contributed by atoms with Crippen LogP contribution in [0.4, 0.5) is 5.69 Å². The smallest absolute Gasteiger partial charge is 0.256 e. The second kappa shape index (κ2) is 8.97. The number of hydrogen-bond donors (Lipinski definition) is 1. The van der Waals surface area contributed by atoms with Gasteiger partial charge in [-0.15, -0.1) is 0 Å². The van der Waals surface area contributed by atoms with Gasteiger partial charge in [0, 0.05) is 15.6 Å². The van der Waals surface area contributed by atoms with Crippen molar-refractivity contribution in [2.24, 2.45) is 0 Å². The molecule has 0 saturated heterocycles. The molecular formula is C24H19BrN2O3. The lowest BCUT2D eigenvalue weighted by molar-refractivity contribution is 0.102. The highest BCUT2D eigenvalue weighted by molar-refractivity contribution is 9.10. The van der Waals surface area contributed by atoms with Gasteiger partial charge in [-0.2, -0.15) is 0 Å². The number of carbonyl (C=O) groups is 1. The first-order valence-corrected chi connectivity index (χ1v) is 10.3. The minimum atomic E-state index is -0.263. The van der Waals surface area contributed by atoms with Crippen LogP contribution in [-0.4, -0.2) is 17.5 Å². The highest BCUT2D eigenvalue weighted by Gasteiger charge is 2.18. The lowest BCUT2D eigenvalue weighted by atomic mass is 10.1. The second-order valence-electron chi connectivity index (χ2n) is 6.47. The molecule has 4 aromatic rings. The number of oxazole rings is 1. The third-order valence-corrected chi connectivity index (χ3v) is 5.00. The van der Waals surface area contributed by atoms with Crippen molar-refractivity contribution in [3.8, 4) is 28.5 Å². The normalized spacial score (nSPS) is 10.6. The van der Waals surface area contributed by atoms with Crippen LogP contribution in [0.25, 0.3) is 22.8 Å². The van der Waals surface area contributed by atoms with E-state index in [2.05, 4.69) is 26.2 Å². The van der Waals surface area contributed by atoms with Crippen LogP contribution >= 0.6 is 15.9 Å². The van der Waals surface area contributed by atoms with Crippen molar-refractivity contribution in [3.63, 3.8) is 0 Å². The van der Waals surface area contributed by atoms with Gasteiger partial charge in [0.05, 0.1) is 24.1 Å². The number of nitrogens with one attached hydrogen (secondary N) is 1. The van der Waals surface area contributed by atoms with E-state index in [1.165, 1.54) is 0 Å². The van der Waals surface area contributed by atoms with Crippen molar-refractivity contribution in [3.05, 3.63) is 89.0 Å². The van der Waals surface area contributed by atoms with Gasteiger partial charge in [-0.1, -0.05) is 52.3 Å². The predicted molar refractivity (Wildman–Crippen MR) is 121 cm³/mol. The molecule has 0 radical (unpaired) electrons. The van der Waals surface area contributed by atoms with E-state index < -0.39 is 0 Å². The molecule has 0 spiro atoms. The third-order valence-electron chi connectivity index (χ3n) is 4.47. The zero-order valence-corrected chi connectivity index (χ0v) is 17.8. The number of rotatable bonds is 6. The zero-order valence-electron chi connectivity index (χ0n) is 16.3. The molecule has 150 valence electrons. The van der Waals surface area contributed by atoms with Crippen LogP contribution in [0.1, 0.15) is 17.3 Å². The molecule has 30 heavy (non-hydrogen) atoms. The molecule has 0 saturated carbocycles. The Labute approximate surface area is 182 Å². The van der Waals surface area contributed by atoms with E-state index in [0.717, 1.165) is 10.0 Å². The number of ether oxygens (including phenoxy) is 1. The van der Waals surface area contributed by atoms with Crippen LogP contribution in [0.15, 0.2) is 87.9 Å². The van der Waals surface area contributed by atoms with Gasteiger partial charge in [-0.05, 0) is 43.3 Å². The number of anilines is 1. The summed E-state index contributed by atoms with van der Waals surface area (Å²) < 4.78 is 12.6. The molecule has 0 aliphatic rings. The summed E-state index contributed by atoms with van der Waals surface area (Å²) in [4.78, 5) is 17.4. The van der Waals surface area contributed by atoms with Crippen LogP contribution in [0.5, 0.6) is 5.75 Å². The maximum absolute atomic E-state index is 13.0. The van der Waals surface area contributed by atoms with Crippen molar-refractivity contribution in [2.45, 2.75) is 6.92 Å². The Morgan fingerprint density at radius 2 is 1.77 bits per heavy atom. The van der Waals surface area contributed by atoms with E-state index in [-0.39, 0.29) is 5.91 Å². The van der Waals surface area contributed by atoms with E-state index in [0.29, 0.717) is 40.8 Å². The summed E-state index contributed by atoms with van der Waals surface area (Å²) in [7, 11) is 0. The molecule has 0 aliphatic carbocycles. The van der Waals surface area contributed by atoms with Crippen molar-refractivity contribution in [1.29, 1.82) is 0 Å². The Balaban J connectivity index is 1.63. The minimum Gasteiger partial charge on any atom is -0.492 e. The Morgan fingerprint density at radius 3 is 2.57 bits per heavy atom. The van der Waals surface area contributed by atoms with Gasteiger partial charge in [0.2, 0.25) is 5.89 Å². The van der Waals surface area contributed by atoms with Gasteiger partial charge in [0.15, 0.2) is 5.76 Å². The highest BCUT2D eigenvalue weighted by Crippen LogP contribution is 2.30. The fourth-order valence-corrected chi connectivity index (χ4v) is 3.32. The number of aromatic nitrogens is 1. The largest absolute Gasteiger partial charge is 0.492 e. The molecule has 5 nitrogen and oxygen atoms in total. The van der Waals surface area contributed by atoms with Gasteiger partial charge in [0.1, 0.15) is 5.75 Å². The van der Waals surface area contributed by atoms with Gasteiger partial charge in [-0.25, -0.2) is 4.98 Å². The molecule has 1 N–H and O–H groups in total. The molecule has 1 aromatic heterocycles. The lowest BCUT2D eigenvalue weighted by Gasteiger charge is -2.12. The molecular weight excluding hydrogens is 444 g/mol. The Morgan fingerprint density at radius 1 is 1.03 bits per heavy atom. The topological polar surface area (TPSA) is 64.4 Å². The maximum Gasteiger partial charge on any atom is 0.256 e. The Bertz CT molecular complexity index is 1170. The first-order valence-electron chi connectivity index (χ1n) is 9.50. The third kappa shape index (κ3) is 4.28. The number of nitrogens with zero attached hydrogens (tertiary/aromatic N) is 1. The fraction of sp³-hybridized carbons (Fsp3) is 0.0833. The van der Waals surface area contributed by atoms with Crippen LogP contribution in [0, 0.1) is 0 Å². The summed E-state index contributed by atoms with van der Waals surface area (Å²) in [6.07, 6.45) is 1.66. The van der Waals surface area contributed by atoms with Gasteiger partial charge in [-0.3, -0.25) is 4.79 Å². The molecule has 1 amide bonds. The molecule has 0 aliphatic heterocycles. The average molecular weight is 463 g/mol. The first kappa shape index (κ1) is 19.9. The molecule has 0 fully saturated rings. The quantitative estimate of drug-likeness (QED) is 0.358. The summed E-state index contributed by atoms with van der Waals surface area (Å²) in [6, 6.07) is 22.3. The second-order valence-corrected chi connectivity index (χ2v) is 7.38. The average Bonchev–Trinajstić information content (AvgIpc) is 3.26. The van der Waals surface area contributed by atoms with Gasteiger partial charge >= 0.3 is 0 Å². The van der Waals surface area contributed by atoms with E-state index in [4.69, 9.17) is 9.15 Å². The van der Waals surface area contributed by atoms with E-state index in [1.807, 2.05) is 73.7 Å². The standard InChI is InChI=1S/C24H19BrN2O3/c1-2-29-21-10-6-5-9-20(21)27-23(28)18-7-3-4-8-19(18)24-26-15-22(30-24)16-11-13-17(25)14-12-16/h3-15H,2H2,1H3,(H,27,28). The number of carbonyl (C=O) groups excluding carboxylic acids is 1. The number of amides is 1. The minimum absolute atomic E-state index is 0.263. The van der Waals surface area contributed by atoms with Crippen molar-refractivity contribution in [2.75, 3.05) is 11.9 Å². The summed E-state index contributed by atoms with van der Waals surface area (Å²) in [5.74, 6) is 1.38. The van der Waals surface area contributed by atoms with Gasteiger partial charge in [0.25, 0.3) is 5.91 Å². The molecule has 4 rings (SSSR count). The molecule has 3 aromatic carbocycles. The number of hydrogen-bond acceptors (Lipinski definition) is 4. The Hall–Kier alpha value is -3.38. The van der Waals surface area contributed by atoms with E-state index >= 15 is 0 Å². The highest BCUT2D eigenvalue weighted by atomic mass is 79.9. The number of halogens is 1. The van der Waals surface area contributed by atoms with Crippen LogP contribution in [0.3, 0.4) is 0 Å². The van der Waals surface area contributed by atoms with E-state index in [1.54, 1.807) is 12.3 Å². The van der Waals surface area contributed by atoms with Crippen molar-refractivity contribution < 1.29 is 13.9 Å². The first-order chi connectivity index (χ1) is 14.7. The molecule has 1 heterocycles. The van der Waals surface area contributed by atoms with Gasteiger partial charge < -0.3 is 14.5 Å². The number of para-hydroxylation sites is 2. The number of benzene rings is 3. The summed E-state index contributed by atoms with van der Waals surface area (Å²) in [5, 5.41) is 2.93. The molecule has 0 atom stereocenters. The summed E-state index contributed by atoms with van der Waals surface area (Å²) >= 11 is 3.43. The van der Waals surface area contributed by atoms with Crippen molar-refractivity contribution >= 4 is 27.5 Å². The Kier molecular flexibility index (Phi) is 5.95. The summed E-state index contributed by atoms with van der Waals surface area (Å²) in [5.41, 5.74) is 2.60. The van der Waals surface area contributed by atoms with Crippen LogP contribution < -0.4 is 10.1 Å². The maximum atomic E-state index is 13.0. The molecule has 0 bridgehead atoms. The predicted octanol–water partition coefficient (Wildman–Crippen LogP) is 6.42. The SMILES string of the molecule is CCOc1ccccc1NC(=O)c1ccccc1-c1ncc(-c2ccc(Br)cc2)o1. The zero-order chi connectivity index (χ0) is 20.9. The van der Waals surface area contributed by atoms with Crippen LogP contribution in [-0.2, 0) is 0 Å². The monoisotopic (exact) mass is 462 g/mol.